The van der Waals surface area contributed by atoms with E-state index in [1.54, 1.807) is 4.90 Å². The summed E-state index contributed by atoms with van der Waals surface area (Å²) >= 11 is 0. The summed E-state index contributed by atoms with van der Waals surface area (Å²) in [7, 11) is 0. The van der Waals surface area contributed by atoms with Crippen molar-refractivity contribution in [2.45, 2.75) is 20.0 Å². The maximum atomic E-state index is 11.7. The predicted octanol–water partition coefficient (Wildman–Crippen LogP) is 2.52. The lowest BCUT2D eigenvalue weighted by Gasteiger charge is -2.33. The Labute approximate surface area is 107 Å². The first-order valence-corrected chi connectivity index (χ1v) is 6.31. The number of rotatable bonds is 2. The van der Waals surface area contributed by atoms with Gasteiger partial charge < -0.3 is 14.4 Å². The van der Waals surface area contributed by atoms with Crippen molar-refractivity contribution in [3.63, 3.8) is 0 Å². The molecule has 1 amide bonds. The number of carbonyl (C=O) groups is 1. The van der Waals surface area contributed by atoms with Crippen molar-refractivity contribution < 1.29 is 14.3 Å². The van der Waals surface area contributed by atoms with E-state index in [0.717, 1.165) is 5.56 Å². The first kappa shape index (κ1) is 12.9. The molecular formula is C14H19NO3. The van der Waals surface area contributed by atoms with Crippen molar-refractivity contribution in [1.82, 2.24) is 4.90 Å². The Bertz CT molecular complexity index is 419. The van der Waals surface area contributed by atoms with Crippen molar-refractivity contribution in [3.8, 4) is 0 Å². The first-order valence-electron chi connectivity index (χ1n) is 6.31. The third-order valence-electron chi connectivity index (χ3n) is 3.13. The second kappa shape index (κ2) is 5.87. The fourth-order valence-electron chi connectivity index (χ4n) is 2.17. The Hall–Kier alpha value is -1.55. The van der Waals surface area contributed by atoms with Gasteiger partial charge in [0.1, 0.15) is 6.10 Å². The third kappa shape index (κ3) is 2.82. The van der Waals surface area contributed by atoms with E-state index < -0.39 is 0 Å². The van der Waals surface area contributed by atoms with Gasteiger partial charge in [0.25, 0.3) is 0 Å². The summed E-state index contributed by atoms with van der Waals surface area (Å²) in [6.07, 6.45) is -0.302. The molecule has 18 heavy (non-hydrogen) atoms. The summed E-state index contributed by atoms with van der Waals surface area (Å²) in [5.41, 5.74) is 2.33. The molecule has 0 radical (unpaired) electrons. The highest BCUT2D eigenvalue weighted by Crippen LogP contribution is 2.25. The third-order valence-corrected chi connectivity index (χ3v) is 3.13. The van der Waals surface area contributed by atoms with Crippen LogP contribution in [-0.4, -0.2) is 37.3 Å². The number of ether oxygens (including phenoxy) is 2. The smallest absolute Gasteiger partial charge is 0.409 e. The summed E-state index contributed by atoms with van der Waals surface area (Å²) in [4.78, 5) is 13.4. The van der Waals surface area contributed by atoms with Crippen LogP contribution < -0.4 is 0 Å². The van der Waals surface area contributed by atoms with Crippen molar-refractivity contribution in [2.24, 2.45) is 0 Å². The van der Waals surface area contributed by atoms with E-state index in [9.17, 15) is 4.79 Å². The molecule has 1 heterocycles. The number of aryl methyl sites for hydroxylation is 1. The highest BCUT2D eigenvalue weighted by atomic mass is 16.6. The fraction of sp³-hybridized carbons (Fsp3) is 0.500. The summed E-state index contributed by atoms with van der Waals surface area (Å²) in [5.74, 6) is 0. The second-order valence-corrected chi connectivity index (χ2v) is 4.36. The molecule has 0 N–H and O–H groups in total. The molecule has 1 aliphatic heterocycles. The minimum Gasteiger partial charge on any atom is -0.450 e. The number of carbonyl (C=O) groups excluding carboxylic acids is 1. The van der Waals surface area contributed by atoms with Gasteiger partial charge in [-0.3, -0.25) is 0 Å². The van der Waals surface area contributed by atoms with Crippen LogP contribution in [0.4, 0.5) is 4.79 Å². The van der Waals surface area contributed by atoms with E-state index in [1.807, 2.05) is 19.1 Å². The van der Waals surface area contributed by atoms with Gasteiger partial charge in [-0.05, 0) is 25.0 Å². The summed E-state index contributed by atoms with van der Waals surface area (Å²) in [5, 5.41) is 0. The average Bonchev–Trinajstić information content (AvgIpc) is 2.40. The van der Waals surface area contributed by atoms with Gasteiger partial charge in [-0.25, -0.2) is 4.79 Å². The number of amides is 1. The first-order chi connectivity index (χ1) is 8.72. The van der Waals surface area contributed by atoms with E-state index in [1.165, 1.54) is 5.56 Å². The molecule has 98 valence electrons. The standard InChI is InChI=1S/C14H19NO3/c1-3-17-14(16)15-8-9-18-13(10-15)12-7-5-4-6-11(12)2/h4-7,13H,3,8-10H2,1-2H3/t13-/m0/s1. The molecule has 0 bridgehead atoms. The number of hydrogen-bond acceptors (Lipinski definition) is 3. The lowest BCUT2D eigenvalue weighted by Crippen LogP contribution is -2.42. The SMILES string of the molecule is CCOC(=O)N1CCO[C@H](c2ccccc2C)C1. The van der Waals surface area contributed by atoms with Gasteiger partial charge in [0.15, 0.2) is 0 Å². The van der Waals surface area contributed by atoms with Crippen LogP contribution in [0.3, 0.4) is 0 Å². The average molecular weight is 249 g/mol. The maximum absolute atomic E-state index is 11.7. The Morgan fingerprint density at radius 1 is 1.50 bits per heavy atom. The Morgan fingerprint density at radius 3 is 3.00 bits per heavy atom. The van der Waals surface area contributed by atoms with E-state index in [0.29, 0.717) is 26.3 Å². The predicted molar refractivity (Wildman–Crippen MR) is 68.5 cm³/mol. The fourth-order valence-corrected chi connectivity index (χ4v) is 2.17. The van der Waals surface area contributed by atoms with Crippen molar-refractivity contribution in [1.29, 1.82) is 0 Å². The number of hydrogen-bond donors (Lipinski definition) is 0. The highest BCUT2D eigenvalue weighted by molar-refractivity contribution is 5.67. The summed E-state index contributed by atoms with van der Waals surface area (Å²) in [6, 6.07) is 8.11. The minimum absolute atomic E-state index is 0.0515. The second-order valence-electron chi connectivity index (χ2n) is 4.36. The molecule has 0 saturated carbocycles. The topological polar surface area (TPSA) is 38.8 Å². The number of morpholine rings is 1. The lowest BCUT2D eigenvalue weighted by atomic mass is 10.0. The van der Waals surface area contributed by atoms with Crippen LogP contribution >= 0.6 is 0 Å². The van der Waals surface area contributed by atoms with Gasteiger partial charge in [0.2, 0.25) is 0 Å². The van der Waals surface area contributed by atoms with Gasteiger partial charge >= 0.3 is 6.09 Å². The van der Waals surface area contributed by atoms with Crippen molar-refractivity contribution >= 4 is 6.09 Å². The van der Waals surface area contributed by atoms with Crippen LogP contribution in [0.25, 0.3) is 0 Å². The quantitative estimate of drug-likeness (QED) is 0.808. The Balaban J connectivity index is 2.07. The lowest BCUT2D eigenvalue weighted by molar-refractivity contribution is -0.0282. The van der Waals surface area contributed by atoms with E-state index >= 15 is 0 Å². The van der Waals surface area contributed by atoms with Gasteiger partial charge in [-0.1, -0.05) is 24.3 Å². The van der Waals surface area contributed by atoms with E-state index in [2.05, 4.69) is 19.1 Å². The van der Waals surface area contributed by atoms with Crippen LogP contribution in [0, 0.1) is 6.92 Å². The molecule has 0 spiro atoms. The number of nitrogens with zero attached hydrogens (tertiary/aromatic N) is 1. The van der Waals surface area contributed by atoms with Crippen LogP contribution in [0.2, 0.25) is 0 Å². The molecule has 1 aromatic carbocycles. The van der Waals surface area contributed by atoms with Crippen LogP contribution in [0.1, 0.15) is 24.2 Å². The van der Waals surface area contributed by atoms with Gasteiger partial charge in [-0.15, -0.1) is 0 Å². The molecule has 2 rings (SSSR count). The molecule has 0 aromatic heterocycles. The Morgan fingerprint density at radius 2 is 2.28 bits per heavy atom. The molecule has 4 nitrogen and oxygen atoms in total. The normalized spacial score (nSPS) is 19.7. The van der Waals surface area contributed by atoms with Crippen LogP contribution in [0.15, 0.2) is 24.3 Å². The molecule has 1 aliphatic rings. The van der Waals surface area contributed by atoms with Gasteiger partial charge in [-0.2, -0.15) is 0 Å². The van der Waals surface area contributed by atoms with Gasteiger partial charge in [0, 0.05) is 6.54 Å². The van der Waals surface area contributed by atoms with Crippen LogP contribution in [0.5, 0.6) is 0 Å². The maximum Gasteiger partial charge on any atom is 0.409 e. The zero-order valence-electron chi connectivity index (χ0n) is 10.9. The zero-order chi connectivity index (χ0) is 13.0. The zero-order valence-corrected chi connectivity index (χ0v) is 10.9. The molecular weight excluding hydrogens is 230 g/mol. The van der Waals surface area contributed by atoms with Crippen molar-refractivity contribution in [2.75, 3.05) is 26.3 Å². The van der Waals surface area contributed by atoms with Gasteiger partial charge in [0.05, 0.1) is 19.8 Å². The molecule has 0 unspecified atom stereocenters. The largest absolute Gasteiger partial charge is 0.450 e. The van der Waals surface area contributed by atoms with E-state index in [-0.39, 0.29) is 12.2 Å². The molecule has 1 aromatic rings. The monoisotopic (exact) mass is 249 g/mol. The summed E-state index contributed by atoms with van der Waals surface area (Å²) < 4.78 is 10.8. The van der Waals surface area contributed by atoms with Crippen molar-refractivity contribution in [3.05, 3.63) is 35.4 Å². The minimum atomic E-state index is -0.251. The molecule has 0 aliphatic carbocycles. The molecule has 1 fully saturated rings. The van der Waals surface area contributed by atoms with E-state index in [4.69, 9.17) is 9.47 Å². The van der Waals surface area contributed by atoms with Crippen LogP contribution in [-0.2, 0) is 9.47 Å². The molecule has 4 heteroatoms. The highest BCUT2D eigenvalue weighted by Gasteiger charge is 2.26. The Kier molecular flexibility index (Phi) is 4.20. The number of benzene rings is 1. The molecule has 1 saturated heterocycles. The summed E-state index contributed by atoms with van der Waals surface area (Å²) in [6.45, 7) is 5.99. The molecule has 1 atom stereocenters.